The molecule has 216 valence electrons. The minimum atomic E-state index is -1.63. The summed E-state index contributed by atoms with van der Waals surface area (Å²) in [5.41, 5.74) is 26.7. The van der Waals surface area contributed by atoms with Crippen molar-refractivity contribution in [3.8, 4) is 0 Å². The van der Waals surface area contributed by atoms with Crippen LogP contribution in [0.15, 0.2) is 4.99 Å². The van der Waals surface area contributed by atoms with Gasteiger partial charge in [0.15, 0.2) is 5.96 Å². The van der Waals surface area contributed by atoms with Gasteiger partial charge in [-0.3, -0.25) is 29.0 Å². The summed E-state index contributed by atoms with van der Waals surface area (Å²) in [6, 6.07) is -5.46. The first-order valence-electron chi connectivity index (χ1n) is 11.9. The third-order valence-corrected chi connectivity index (χ3v) is 5.19. The molecule has 0 spiro atoms. The number of aliphatic carboxylic acids is 2. The lowest BCUT2D eigenvalue weighted by atomic mass is 10.1. The van der Waals surface area contributed by atoms with Crippen molar-refractivity contribution in [2.24, 2.45) is 33.7 Å². The Labute approximate surface area is 219 Å². The lowest BCUT2D eigenvalue weighted by molar-refractivity contribution is -0.143. The molecule has 0 saturated carbocycles. The first-order valence-corrected chi connectivity index (χ1v) is 11.9. The van der Waals surface area contributed by atoms with E-state index < -0.39 is 66.2 Å². The Hall–Kier alpha value is -3.99. The van der Waals surface area contributed by atoms with Crippen molar-refractivity contribution in [3.63, 3.8) is 0 Å². The first kappa shape index (κ1) is 34.0. The number of unbranched alkanes of at least 4 members (excludes halogenated alkanes) is 1. The minimum Gasteiger partial charge on any atom is -0.481 e. The van der Waals surface area contributed by atoms with Crippen LogP contribution < -0.4 is 44.6 Å². The van der Waals surface area contributed by atoms with Gasteiger partial charge < -0.3 is 54.8 Å². The molecular weight excluding hydrogens is 506 g/mol. The average molecular weight is 546 g/mol. The van der Waals surface area contributed by atoms with Crippen LogP contribution >= 0.6 is 0 Å². The number of guanidine groups is 1. The highest BCUT2D eigenvalue weighted by atomic mass is 16.4. The van der Waals surface area contributed by atoms with Crippen LogP contribution in [0.3, 0.4) is 0 Å². The predicted octanol–water partition coefficient (Wildman–Crippen LogP) is -4.22. The number of carbonyl (C=O) groups excluding carboxylic acids is 4. The van der Waals surface area contributed by atoms with Gasteiger partial charge in [-0.15, -0.1) is 0 Å². The second-order valence-corrected chi connectivity index (χ2v) is 8.46. The average Bonchev–Trinajstić information content (AvgIpc) is 2.82. The number of rotatable bonds is 20. The van der Waals surface area contributed by atoms with Gasteiger partial charge in [0.05, 0.1) is 12.5 Å². The van der Waals surface area contributed by atoms with Crippen LogP contribution in [-0.2, 0) is 28.8 Å². The van der Waals surface area contributed by atoms with Crippen molar-refractivity contribution in [1.82, 2.24) is 16.0 Å². The molecule has 0 aliphatic heterocycles. The highest BCUT2D eigenvalue weighted by Gasteiger charge is 2.31. The molecule has 4 unspecified atom stereocenters. The standard InChI is InChI=1S/C21H39N9O8/c22-8-2-1-4-13(20(37)38)29-18(35)12(5-3-9-27-21(25)26)28-19(36)14(10-16(32)33)30-17(34)11(23)6-7-15(24)31/h11-14H,1-10,22-23H2,(H2,24,31)(H,28,36)(H,29,35)(H,30,34)(H,32,33)(H,37,38)(H4,25,26,27). The lowest BCUT2D eigenvalue weighted by Gasteiger charge is -2.24. The molecule has 0 aliphatic carbocycles. The highest BCUT2D eigenvalue weighted by Crippen LogP contribution is 2.06. The van der Waals surface area contributed by atoms with E-state index in [0.29, 0.717) is 19.4 Å². The second kappa shape index (κ2) is 18.3. The van der Waals surface area contributed by atoms with Crippen molar-refractivity contribution in [1.29, 1.82) is 0 Å². The Morgan fingerprint density at radius 2 is 1.29 bits per heavy atom. The quantitative estimate of drug-likeness (QED) is 0.0395. The minimum absolute atomic E-state index is 0.0463. The number of carboxylic acids is 2. The van der Waals surface area contributed by atoms with Gasteiger partial charge in [0.25, 0.3) is 0 Å². The van der Waals surface area contributed by atoms with E-state index in [-0.39, 0.29) is 44.6 Å². The van der Waals surface area contributed by atoms with Crippen molar-refractivity contribution in [2.45, 2.75) is 75.5 Å². The maximum atomic E-state index is 12.9. The smallest absolute Gasteiger partial charge is 0.326 e. The third-order valence-electron chi connectivity index (χ3n) is 5.19. The number of nitrogens with one attached hydrogen (secondary N) is 3. The van der Waals surface area contributed by atoms with E-state index in [4.69, 9.17) is 28.7 Å². The summed E-state index contributed by atoms with van der Waals surface area (Å²) < 4.78 is 0. The summed E-state index contributed by atoms with van der Waals surface area (Å²) in [5, 5.41) is 25.5. The summed E-state index contributed by atoms with van der Waals surface area (Å²) in [6.07, 6.45) is 0.00362. The zero-order valence-corrected chi connectivity index (χ0v) is 21.1. The van der Waals surface area contributed by atoms with E-state index in [0.717, 1.165) is 0 Å². The van der Waals surface area contributed by atoms with Gasteiger partial charge in [-0.25, -0.2) is 4.79 Å². The number of aliphatic imine (C=N–C) groups is 1. The van der Waals surface area contributed by atoms with E-state index in [9.17, 15) is 39.0 Å². The van der Waals surface area contributed by atoms with Crippen LogP contribution in [0.4, 0.5) is 0 Å². The molecule has 0 aromatic rings. The molecule has 17 nitrogen and oxygen atoms in total. The van der Waals surface area contributed by atoms with Gasteiger partial charge in [-0.1, -0.05) is 0 Å². The molecule has 4 atom stereocenters. The number of amides is 4. The maximum absolute atomic E-state index is 12.9. The molecule has 0 saturated heterocycles. The van der Waals surface area contributed by atoms with Crippen LogP contribution in [0.1, 0.15) is 51.4 Å². The Morgan fingerprint density at radius 3 is 1.82 bits per heavy atom. The topological polar surface area (TPSA) is 321 Å². The fourth-order valence-electron chi connectivity index (χ4n) is 3.16. The van der Waals surface area contributed by atoms with Crippen LogP contribution in [0.25, 0.3) is 0 Å². The number of hydrogen-bond donors (Lipinski definition) is 10. The second-order valence-electron chi connectivity index (χ2n) is 8.46. The first-order chi connectivity index (χ1) is 17.8. The zero-order valence-electron chi connectivity index (χ0n) is 21.1. The number of carboxylic acid groups (broad SMARTS) is 2. The molecule has 0 heterocycles. The Morgan fingerprint density at radius 1 is 0.737 bits per heavy atom. The molecule has 0 aromatic heterocycles. The number of nitrogens with two attached hydrogens (primary N) is 5. The maximum Gasteiger partial charge on any atom is 0.326 e. The highest BCUT2D eigenvalue weighted by molar-refractivity contribution is 5.95. The zero-order chi connectivity index (χ0) is 29.3. The number of carbonyl (C=O) groups is 6. The van der Waals surface area contributed by atoms with Crippen molar-refractivity contribution in [2.75, 3.05) is 13.1 Å². The SMILES string of the molecule is NCCCCC(NC(=O)C(CCCN=C(N)N)NC(=O)C(CC(=O)O)NC(=O)C(N)CCC(N)=O)C(=O)O. The molecule has 0 radical (unpaired) electrons. The number of nitrogens with zero attached hydrogens (tertiary/aromatic N) is 1. The molecule has 15 N–H and O–H groups in total. The Balaban J connectivity index is 5.62. The number of hydrogen-bond acceptors (Lipinski definition) is 9. The summed E-state index contributed by atoms with van der Waals surface area (Å²) in [6.45, 7) is 0.428. The van der Waals surface area contributed by atoms with E-state index in [1.54, 1.807) is 0 Å². The molecule has 17 heteroatoms. The monoisotopic (exact) mass is 545 g/mol. The summed E-state index contributed by atoms with van der Waals surface area (Å²) in [5.74, 6) is -6.41. The molecule has 0 fully saturated rings. The van der Waals surface area contributed by atoms with Gasteiger partial charge in [-0.05, 0) is 45.1 Å². The molecule has 38 heavy (non-hydrogen) atoms. The van der Waals surface area contributed by atoms with Gasteiger partial charge in [0.2, 0.25) is 23.6 Å². The van der Waals surface area contributed by atoms with Crippen molar-refractivity contribution >= 4 is 41.5 Å². The van der Waals surface area contributed by atoms with Crippen LogP contribution in [0.2, 0.25) is 0 Å². The van der Waals surface area contributed by atoms with E-state index >= 15 is 0 Å². The summed E-state index contributed by atoms with van der Waals surface area (Å²) in [7, 11) is 0. The molecular formula is C21H39N9O8. The fraction of sp³-hybridized carbons (Fsp3) is 0.667. The molecule has 0 aromatic carbocycles. The summed E-state index contributed by atoms with van der Waals surface area (Å²) in [4.78, 5) is 75.7. The van der Waals surface area contributed by atoms with Gasteiger partial charge >= 0.3 is 11.9 Å². The normalized spacial score (nSPS) is 13.7. The van der Waals surface area contributed by atoms with Gasteiger partial charge in [0.1, 0.15) is 18.1 Å². The fourth-order valence-corrected chi connectivity index (χ4v) is 3.16. The number of primary amides is 1. The molecule has 0 rings (SSSR count). The van der Waals surface area contributed by atoms with E-state index in [2.05, 4.69) is 20.9 Å². The third kappa shape index (κ3) is 15.2. The molecule has 0 aliphatic rings. The van der Waals surface area contributed by atoms with Crippen molar-refractivity contribution < 1.29 is 39.0 Å². The molecule has 0 bridgehead atoms. The predicted molar refractivity (Wildman–Crippen MR) is 135 cm³/mol. The van der Waals surface area contributed by atoms with Crippen LogP contribution in [0, 0.1) is 0 Å². The van der Waals surface area contributed by atoms with Crippen LogP contribution in [-0.4, -0.2) is 89.0 Å². The lowest BCUT2D eigenvalue weighted by Crippen LogP contribution is -2.57. The van der Waals surface area contributed by atoms with Gasteiger partial charge in [0, 0.05) is 13.0 Å². The van der Waals surface area contributed by atoms with E-state index in [1.165, 1.54) is 0 Å². The Kier molecular flexibility index (Phi) is 16.4. The van der Waals surface area contributed by atoms with Crippen molar-refractivity contribution in [3.05, 3.63) is 0 Å². The molecule has 4 amide bonds. The Bertz CT molecular complexity index is 864. The largest absolute Gasteiger partial charge is 0.481 e. The van der Waals surface area contributed by atoms with Gasteiger partial charge in [-0.2, -0.15) is 0 Å². The summed E-state index contributed by atoms with van der Waals surface area (Å²) >= 11 is 0. The van der Waals surface area contributed by atoms with Crippen LogP contribution in [0.5, 0.6) is 0 Å². The van der Waals surface area contributed by atoms with E-state index in [1.807, 2.05) is 0 Å².